The SMILES string of the molecule is Cc1cc(N2C=CC(C)N2)ccc1O. The molecular formula is C11H14N2O. The van der Waals surface area contributed by atoms with Crippen molar-refractivity contribution in [3.8, 4) is 5.75 Å². The van der Waals surface area contributed by atoms with Gasteiger partial charge >= 0.3 is 0 Å². The van der Waals surface area contributed by atoms with E-state index >= 15 is 0 Å². The first-order valence-corrected chi connectivity index (χ1v) is 4.70. The smallest absolute Gasteiger partial charge is 0.118 e. The number of benzene rings is 1. The lowest BCUT2D eigenvalue weighted by atomic mass is 10.2. The second kappa shape index (κ2) is 3.35. The van der Waals surface area contributed by atoms with E-state index in [1.807, 2.05) is 30.3 Å². The van der Waals surface area contributed by atoms with Gasteiger partial charge in [-0.2, -0.15) is 0 Å². The molecule has 1 heterocycles. The molecule has 0 radical (unpaired) electrons. The van der Waals surface area contributed by atoms with Crippen LogP contribution in [0.25, 0.3) is 0 Å². The summed E-state index contributed by atoms with van der Waals surface area (Å²) in [7, 11) is 0. The van der Waals surface area contributed by atoms with Crippen LogP contribution in [0.3, 0.4) is 0 Å². The van der Waals surface area contributed by atoms with Crippen LogP contribution >= 0.6 is 0 Å². The molecule has 0 fully saturated rings. The van der Waals surface area contributed by atoms with Gasteiger partial charge < -0.3 is 5.11 Å². The van der Waals surface area contributed by atoms with Gasteiger partial charge in [-0.15, -0.1) is 0 Å². The third-order valence-corrected chi connectivity index (χ3v) is 2.33. The van der Waals surface area contributed by atoms with E-state index in [4.69, 9.17) is 0 Å². The van der Waals surface area contributed by atoms with Crippen LogP contribution in [0, 0.1) is 6.92 Å². The van der Waals surface area contributed by atoms with E-state index in [1.165, 1.54) is 0 Å². The molecule has 1 aromatic carbocycles. The number of hydrazine groups is 1. The number of hydrogen-bond donors (Lipinski definition) is 2. The normalized spacial score (nSPS) is 20.4. The highest BCUT2D eigenvalue weighted by Crippen LogP contribution is 2.23. The number of nitrogens with one attached hydrogen (secondary N) is 1. The molecule has 2 rings (SSSR count). The van der Waals surface area contributed by atoms with Gasteiger partial charge in [-0.05, 0) is 43.7 Å². The Balaban J connectivity index is 2.25. The zero-order chi connectivity index (χ0) is 10.1. The van der Waals surface area contributed by atoms with Crippen molar-refractivity contribution in [1.29, 1.82) is 0 Å². The van der Waals surface area contributed by atoms with E-state index in [9.17, 15) is 5.11 Å². The van der Waals surface area contributed by atoms with Crippen molar-refractivity contribution in [2.45, 2.75) is 19.9 Å². The van der Waals surface area contributed by atoms with Crippen molar-refractivity contribution in [3.63, 3.8) is 0 Å². The van der Waals surface area contributed by atoms with Gasteiger partial charge in [-0.3, -0.25) is 5.01 Å². The Labute approximate surface area is 83.6 Å². The summed E-state index contributed by atoms with van der Waals surface area (Å²) in [4.78, 5) is 0. The highest BCUT2D eigenvalue weighted by molar-refractivity contribution is 5.54. The van der Waals surface area contributed by atoms with Crippen LogP contribution in [0.1, 0.15) is 12.5 Å². The molecule has 0 aliphatic carbocycles. The van der Waals surface area contributed by atoms with Gasteiger partial charge in [-0.1, -0.05) is 0 Å². The first kappa shape index (κ1) is 9.09. The van der Waals surface area contributed by atoms with Crippen LogP contribution in [0.15, 0.2) is 30.5 Å². The number of rotatable bonds is 1. The number of nitrogens with zero attached hydrogens (tertiary/aromatic N) is 1. The van der Waals surface area contributed by atoms with E-state index in [1.54, 1.807) is 6.07 Å². The molecule has 74 valence electrons. The van der Waals surface area contributed by atoms with Crippen molar-refractivity contribution >= 4 is 5.69 Å². The fourth-order valence-electron chi connectivity index (χ4n) is 1.47. The Hall–Kier alpha value is -1.48. The molecule has 0 amide bonds. The van der Waals surface area contributed by atoms with Gasteiger partial charge in [0.15, 0.2) is 0 Å². The number of phenolic OH excluding ortho intramolecular Hbond substituents is 1. The third-order valence-electron chi connectivity index (χ3n) is 2.33. The first-order valence-electron chi connectivity index (χ1n) is 4.70. The monoisotopic (exact) mass is 190 g/mol. The molecule has 1 aromatic rings. The summed E-state index contributed by atoms with van der Waals surface area (Å²) in [6.07, 6.45) is 4.08. The molecule has 1 atom stereocenters. The molecule has 2 N–H and O–H groups in total. The van der Waals surface area contributed by atoms with Crippen LogP contribution in [0.5, 0.6) is 5.75 Å². The number of aromatic hydroxyl groups is 1. The van der Waals surface area contributed by atoms with Crippen LogP contribution in [-0.4, -0.2) is 11.1 Å². The molecule has 1 aliphatic rings. The maximum atomic E-state index is 9.38. The minimum Gasteiger partial charge on any atom is -0.508 e. The van der Waals surface area contributed by atoms with Gasteiger partial charge in [0.1, 0.15) is 5.75 Å². The lowest BCUT2D eigenvalue weighted by Gasteiger charge is -2.18. The van der Waals surface area contributed by atoms with Gasteiger partial charge in [0, 0.05) is 12.2 Å². The zero-order valence-electron chi connectivity index (χ0n) is 8.36. The Morgan fingerprint density at radius 1 is 1.43 bits per heavy atom. The van der Waals surface area contributed by atoms with E-state index in [0.29, 0.717) is 11.8 Å². The van der Waals surface area contributed by atoms with Crippen molar-refractivity contribution < 1.29 is 5.11 Å². The molecule has 14 heavy (non-hydrogen) atoms. The topological polar surface area (TPSA) is 35.5 Å². The first-order chi connectivity index (χ1) is 6.66. The van der Waals surface area contributed by atoms with E-state index in [0.717, 1.165) is 11.3 Å². The molecule has 0 saturated carbocycles. The largest absolute Gasteiger partial charge is 0.508 e. The fourth-order valence-corrected chi connectivity index (χ4v) is 1.47. The fraction of sp³-hybridized carbons (Fsp3) is 0.273. The van der Waals surface area contributed by atoms with Crippen LogP contribution in [0.2, 0.25) is 0 Å². The van der Waals surface area contributed by atoms with Gasteiger partial charge in [0.2, 0.25) is 0 Å². The molecule has 1 aliphatic heterocycles. The van der Waals surface area contributed by atoms with Crippen LogP contribution in [-0.2, 0) is 0 Å². The van der Waals surface area contributed by atoms with Crippen molar-refractivity contribution in [2.75, 3.05) is 5.01 Å². The second-order valence-electron chi connectivity index (χ2n) is 3.60. The summed E-state index contributed by atoms with van der Waals surface area (Å²) in [5, 5.41) is 11.3. The van der Waals surface area contributed by atoms with Gasteiger partial charge in [0.05, 0.1) is 5.69 Å². The van der Waals surface area contributed by atoms with Crippen LogP contribution < -0.4 is 10.4 Å². The summed E-state index contributed by atoms with van der Waals surface area (Å²) in [5.74, 6) is 0.338. The van der Waals surface area contributed by atoms with Crippen molar-refractivity contribution in [2.24, 2.45) is 0 Å². The predicted molar refractivity (Wildman–Crippen MR) is 57.1 cm³/mol. The number of phenols is 1. The maximum Gasteiger partial charge on any atom is 0.118 e. The lowest BCUT2D eigenvalue weighted by Crippen LogP contribution is -2.33. The van der Waals surface area contributed by atoms with E-state index in [2.05, 4.69) is 18.4 Å². The molecule has 0 spiro atoms. The molecular weight excluding hydrogens is 176 g/mol. The summed E-state index contributed by atoms with van der Waals surface area (Å²) in [6.45, 7) is 3.98. The maximum absolute atomic E-state index is 9.38. The Bertz CT molecular complexity index is 374. The van der Waals surface area contributed by atoms with Gasteiger partial charge in [0.25, 0.3) is 0 Å². The van der Waals surface area contributed by atoms with E-state index < -0.39 is 0 Å². The Morgan fingerprint density at radius 2 is 2.21 bits per heavy atom. The molecule has 0 aromatic heterocycles. The van der Waals surface area contributed by atoms with Crippen LogP contribution in [0.4, 0.5) is 5.69 Å². The number of aryl methyl sites for hydroxylation is 1. The summed E-state index contributed by atoms with van der Waals surface area (Å²) >= 11 is 0. The molecule has 1 unspecified atom stereocenters. The predicted octanol–water partition coefficient (Wildman–Crippen LogP) is 1.93. The average molecular weight is 190 g/mol. The third kappa shape index (κ3) is 1.59. The number of hydrogen-bond acceptors (Lipinski definition) is 3. The standard InChI is InChI=1S/C11H14N2O/c1-8-7-10(3-4-11(8)14)13-6-5-9(2)12-13/h3-7,9,12,14H,1-2H3. The Morgan fingerprint density at radius 3 is 2.79 bits per heavy atom. The highest BCUT2D eigenvalue weighted by Gasteiger charge is 2.12. The molecule has 0 bridgehead atoms. The summed E-state index contributed by atoms with van der Waals surface area (Å²) in [6, 6.07) is 5.91. The minimum absolute atomic E-state index is 0.338. The van der Waals surface area contributed by atoms with Crippen molar-refractivity contribution in [1.82, 2.24) is 5.43 Å². The Kier molecular flexibility index (Phi) is 2.17. The minimum atomic E-state index is 0.338. The molecule has 0 saturated heterocycles. The zero-order valence-corrected chi connectivity index (χ0v) is 8.36. The van der Waals surface area contributed by atoms with Gasteiger partial charge in [-0.25, -0.2) is 5.43 Å². The summed E-state index contributed by atoms with van der Waals surface area (Å²) < 4.78 is 0. The van der Waals surface area contributed by atoms with E-state index in [-0.39, 0.29) is 0 Å². The molecule has 3 nitrogen and oxygen atoms in total. The molecule has 3 heteroatoms. The second-order valence-corrected chi connectivity index (χ2v) is 3.60. The number of anilines is 1. The summed E-state index contributed by atoms with van der Waals surface area (Å²) in [5.41, 5.74) is 5.19. The average Bonchev–Trinajstić information content (AvgIpc) is 2.57. The lowest BCUT2D eigenvalue weighted by molar-refractivity contribution is 0.471. The highest BCUT2D eigenvalue weighted by atomic mass is 16.3. The van der Waals surface area contributed by atoms with Crippen molar-refractivity contribution in [3.05, 3.63) is 36.0 Å². The quantitative estimate of drug-likeness (QED) is 0.710.